The summed E-state index contributed by atoms with van der Waals surface area (Å²) in [5.41, 5.74) is 2.66. The first-order valence-electron chi connectivity index (χ1n) is 3.70. The fourth-order valence-electron chi connectivity index (χ4n) is 1.29. The quantitative estimate of drug-likeness (QED) is 0.437. The smallest absolute Gasteiger partial charge is 0.272 e. The van der Waals surface area contributed by atoms with Crippen LogP contribution in [0.3, 0.4) is 0 Å². The molecule has 7 heteroatoms. The molecule has 0 aromatic heterocycles. The molecule has 1 amide bonds. The highest BCUT2D eigenvalue weighted by Gasteiger charge is 2.36. The molecule has 2 aliphatic rings. The molecule has 1 unspecified atom stereocenters. The highest BCUT2D eigenvalue weighted by atomic mass is 127. The Morgan fingerprint density at radius 3 is 2.93 bits per heavy atom. The molecule has 1 heterocycles. The molecular formula is C7H4IN3O3. The van der Waals surface area contributed by atoms with Crippen molar-refractivity contribution in [1.29, 1.82) is 0 Å². The number of hydrogen-bond acceptors (Lipinski definition) is 4. The van der Waals surface area contributed by atoms with Crippen molar-refractivity contribution in [3.63, 3.8) is 0 Å². The fraction of sp³-hybridized carbons (Fsp3) is 0.143. The maximum Gasteiger partial charge on any atom is 0.272 e. The normalized spacial score (nSPS) is 24.5. The SMILES string of the molecule is O=C1NN=C2C=C([N+](=O)[O-])C=C(I)C12. The summed E-state index contributed by atoms with van der Waals surface area (Å²) < 4.78 is 0.616. The maximum absolute atomic E-state index is 11.2. The van der Waals surface area contributed by atoms with Crippen LogP contribution >= 0.6 is 22.6 Å². The molecule has 0 aromatic rings. The van der Waals surface area contributed by atoms with Crippen LogP contribution in [-0.2, 0) is 4.79 Å². The Hall–Kier alpha value is -1.25. The highest BCUT2D eigenvalue weighted by Crippen LogP contribution is 2.29. The van der Waals surface area contributed by atoms with E-state index in [1.807, 2.05) is 22.6 Å². The summed E-state index contributed by atoms with van der Waals surface area (Å²) >= 11 is 1.91. The number of rotatable bonds is 1. The van der Waals surface area contributed by atoms with Gasteiger partial charge in [-0.3, -0.25) is 14.9 Å². The third kappa shape index (κ3) is 1.33. The van der Waals surface area contributed by atoms with E-state index in [-0.39, 0.29) is 11.6 Å². The van der Waals surface area contributed by atoms with E-state index in [9.17, 15) is 14.9 Å². The molecule has 0 bridgehead atoms. The van der Waals surface area contributed by atoms with Crippen molar-refractivity contribution in [3.05, 3.63) is 31.5 Å². The molecule has 0 fully saturated rings. The van der Waals surface area contributed by atoms with Gasteiger partial charge >= 0.3 is 0 Å². The fourth-order valence-corrected chi connectivity index (χ4v) is 2.21. The van der Waals surface area contributed by atoms with E-state index in [4.69, 9.17) is 0 Å². The first kappa shape index (κ1) is 9.31. The standard InChI is InChI=1S/C7H4IN3O3/c8-4-1-3(11(13)14)2-5-6(4)7(12)10-9-5/h1-2,6H,(H,10,12). The van der Waals surface area contributed by atoms with Crippen molar-refractivity contribution in [2.45, 2.75) is 0 Å². The van der Waals surface area contributed by atoms with Crippen molar-refractivity contribution in [3.8, 4) is 0 Å². The number of allylic oxidation sites excluding steroid dienone is 2. The Labute approximate surface area is 92.0 Å². The predicted molar refractivity (Wildman–Crippen MR) is 56.2 cm³/mol. The molecule has 1 atom stereocenters. The monoisotopic (exact) mass is 305 g/mol. The molecular weight excluding hydrogens is 301 g/mol. The van der Waals surface area contributed by atoms with Gasteiger partial charge in [-0.2, -0.15) is 5.10 Å². The molecule has 0 radical (unpaired) electrons. The molecule has 0 spiro atoms. The van der Waals surface area contributed by atoms with Gasteiger partial charge in [0.1, 0.15) is 5.92 Å². The maximum atomic E-state index is 11.2. The van der Waals surface area contributed by atoms with E-state index in [0.717, 1.165) is 0 Å². The third-order valence-corrected chi connectivity index (χ3v) is 2.86. The van der Waals surface area contributed by atoms with Crippen molar-refractivity contribution >= 4 is 34.2 Å². The van der Waals surface area contributed by atoms with E-state index in [0.29, 0.717) is 9.29 Å². The van der Waals surface area contributed by atoms with Gasteiger partial charge in [0.2, 0.25) is 0 Å². The van der Waals surface area contributed by atoms with Gasteiger partial charge in [0.25, 0.3) is 11.6 Å². The Morgan fingerprint density at radius 1 is 1.57 bits per heavy atom. The average molecular weight is 305 g/mol. The van der Waals surface area contributed by atoms with Crippen LogP contribution in [0.25, 0.3) is 0 Å². The molecule has 72 valence electrons. The largest absolute Gasteiger partial charge is 0.272 e. The van der Waals surface area contributed by atoms with Crippen LogP contribution < -0.4 is 5.43 Å². The molecule has 0 saturated heterocycles. The number of carbonyl (C=O) groups excluding carboxylic acids is 1. The van der Waals surface area contributed by atoms with Crippen molar-refractivity contribution in [2.24, 2.45) is 11.0 Å². The van der Waals surface area contributed by atoms with Gasteiger partial charge in [0.05, 0.1) is 10.6 Å². The lowest BCUT2D eigenvalue weighted by molar-refractivity contribution is -0.419. The number of nitrogens with one attached hydrogen (secondary N) is 1. The number of hydrogen-bond donors (Lipinski definition) is 1. The second-order valence-electron chi connectivity index (χ2n) is 2.80. The number of fused-ring (bicyclic) bond motifs is 1. The van der Waals surface area contributed by atoms with E-state index < -0.39 is 10.8 Å². The first-order chi connectivity index (χ1) is 6.59. The molecule has 1 aliphatic heterocycles. The van der Waals surface area contributed by atoms with Crippen LogP contribution in [0, 0.1) is 16.0 Å². The van der Waals surface area contributed by atoms with Gasteiger partial charge < -0.3 is 0 Å². The van der Waals surface area contributed by atoms with Crippen LogP contribution in [0.15, 0.2) is 26.5 Å². The van der Waals surface area contributed by atoms with E-state index in [1.54, 1.807) is 0 Å². The minimum absolute atomic E-state index is 0.0408. The lowest BCUT2D eigenvalue weighted by atomic mass is 9.98. The number of nitrogens with zero attached hydrogens (tertiary/aromatic N) is 2. The minimum atomic E-state index is -0.500. The van der Waals surface area contributed by atoms with E-state index >= 15 is 0 Å². The molecule has 2 rings (SSSR count). The third-order valence-electron chi connectivity index (χ3n) is 1.92. The van der Waals surface area contributed by atoms with Gasteiger partial charge in [-0.1, -0.05) is 0 Å². The molecule has 1 N–H and O–H groups in total. The zero-order valence-electron chi connectivity index (χ0n) is 6.73. The summed E-state index contributed by atoms with van der Waals surface area (Å²) in [7, 11) is 0. The van der Waals surface area contributed by atoms with Gasteiger partial charge in [0.15, 0.2) is 0 Å². The molecule has 0 saturated carbocycles. The lowest BCUT2D eigenvalue weighted by Crippen LogP contribution is -2.25. The number of halogens is 1. The average Bonchev–Trinajstić information content (AvgIpc) is 2.48. The number of amides is 1. The van der Waals surface area contributed by atoms with Crippen molar-refractivity contribution in [2.75, 3.05) is 0 Å². The minimum Gasteiger partial charge on any atom is -0.272 e. The van der Waals surface area contributed by atoms with Crippen LogP contribution in [0.2, 0.25) is 0 Å². The van der Waals surface area contributed by atoms with Gasteiger partial charge in [-0.15, -0.1) is 0 Å². The summed E-state index contributed by atoms with van der Waals surface area (Å²) in [4.78, 5) is 21.2. The summed E-state index contributed by atoms with van der Waals surface area (Å²) in [6.07, 6.45) is 2.69. The number of hydrazone groups is 1. The topological polar surface area (TPSA) is 84.6 Å². The van der Waals surface area contributed by atoms with Crippen LogP contribution in [0.1, 0.15) is 0 Å². The Kier molecular flexibility index (Phi) is 2.10. The zero-order valence-corrected chi connectivity index (χ0v) is 8.89. The van der Waals surface area contributed by atoms with E-state index in [2.05, 4.69) is 10.5 Å². The molecule has 0 aromatic carbocycles. The summed E-state index contributed by atoms with van der Waals surface area (Å²) in [5.74, 6) is -0.696. The number of nitro groups is 1. The van der Waals surface area contributed by atoms with Gasteiger partial charge in [-0.25, -0.2) is 5.43 Å². The van der Waals surface area contributed by atoms with Crippen LogP contribution in [0.4, 0.5) is 0 Å². The van der Waals surface area contributed by atoms with Gasteiger partial charge in [-0.05, 0) is 22.6 Å². The van der Waals surface area contributed by atoms with Crippen molar-refractivity contribution < 1.29 is 9.72 Å². The Balaban J connectivity index is 2.44. The summed E-state index contributed by atoms with van der Waals surface area (Å²) in [6.45, 7) is 0. The molecule has 6 nitrogen and oxygen atoms in total. The summed E-state index contributed by atoms with van der Waals surface area (Å²) in [5, 5.41) is 14.2. The highest BCUT2D eigenvalue weighted by molar-refractivity contribution is 14.1. The van der Waals surface area contributed by atoms with Gasteiger partial charge in [0, 0.05) is 15.7 Å². The first-order valence-corrected chi connectivity index (χ1v) is 4.78. The zero-order chi connectivity index (χ0) is 10.3. The second-order valence-corrected chi connectivity index (χ2v) is 4.05. The van der Waals surface area contributed by atoms with Crippen LogP contribution in [-0.4, -0.2) is 16.5 Å². The van der Waals surface area contributed by atoms with Crippen molar-refractivity contribution in [1.82, 2.24) is 5.43 Å². The van der Waals surface area contributed by atoms with E-state index in [1.165, 1.54) is 12.2 Å². The molecule has 1 aliphatic carbocycles. The van der Waals surface area contributed by atoms with Crippen LogP contribution in [0.5, 0.6) is 0 Å². The second kappa shape index (κ2) is 3.15. The predicted octanol–water partition coefficient (Wildman–Crippen LogP) is 0.582. The Bertz CT molecular complexity index is 424. The summed E-state index contributed by atoms with van der Waals surface area (Å²) in [6, 6.07) is 0. The Morgan fingerprint density at radius 2 is 2.29 bits per heavy atom. The number of carbonyl (C=O) groups is 1. The lowest BCUT2D eigenvalue weighted by Gasteiger charge is -2.10. The molecule has 14 heavy (non-hydrogen) atoms.